The van der Waals surface area contributed by atoms with Crippen molar-refractivity contribution in [2.75, 3.05) is 11.5 Å². The molecule has 2 aliphatic heterocycles. The number of nitrogens with two attached hydrogens (primary N) is 1. The zero-order valence-electron chi connectivity index (χ0n) is 14.3. The van der Waals surface area contributed by atoms with Gasteiger partial charge in [0.1, 0.15) is 22.8 Å². The van der Waals surface area contributed by atoms with Crippen molar-refractivity contribution in [3.05, 3.63) is 42.1 Å². The molecule has 3 rings (SSSR count). The number of carbonyl (C=O) groups excluding carboxylic acids is 2. The zero-order valence-corrected chi connectivity index (χ0v) is 19.9. The van der Waals surface area contributed by atoms with Gasteiger partial charge in [0, 0.05) is 86.6 Å². The molecule has 2 radical (unpaired) electrons. The van der Waals surface area contributed by atoms with Crippen molar-refractivity contribution in [2.24, 2.45) is 5.16 Å². The monoisotopic (exact) mass is 738 g/mol. The number of aromatic nitrogens is 1. The maximum absolute atomic E-state index is 12.6. The number of β-lactam (4-membered cyclic amide) rings is 1. The number of fused-ring (bicyclic) bond motifs is 1. The summed E-state index contributed by atoms with van der Waals surface area (Å²) >= 11 is 2.44. The third kappa shape index (κ3) is 5.29. The average Bonchev–Trinajstić information content (AvgIpc) is 3.08. The number of carboxylic acid groups (broad SMARTS) is 1. The molecule has 1 fully saturated rings. The number of nitrogens with one attached hydrogen (secondary N) is 1. The molecule has 0 aromatic carbocycles. The molecule has 29 heavy (non-hydrogen) atoms. The summed E-state index contributed by atoms with van der Waals surface area (Å²) in [7, 11) is 3.10. The summed E-state index contributed by atoms with van der Waals surface area (Å²) < 4.78 is 0. The zero-order chi connectivity index (χ0) is 19.7. The molecule has 0 bridgehead atoms. The first kappa shape index (κ1) is 26.7. The third-order valence-electron chi connectivity index (χ3n) is 3.87. The second kappa shape index (κ2) is 11.3. The molecule has 0 aliphatic carbocycles. The Morgan fingerprint density at radius 1 is 1.52 bits per heavy atom. The van der Waals surface area contributed by atoms with E-state index in [-0.39, 0.29) is 97.7 Å². The number of nitrogen functional groups attached to an aromatic ring is 1. The fourth-order valence-corrected chi connectivity index (χ4v) is 4.56. The molecule has 3 heterocycles. The molecule has 0 unspecified atom stereocenters. The number of carboxylic acids is 1. The minimum Gasteiger partial charge on any atom is -0.569 e. The Balaban J connectivity index is 0.00000210. The molecule has 1 saturated heterocycles. The van der Waals surface area contributed by atoms with Crippen LogP contribution < -0.4 is 11.1 Å². The minimum absolute atomic E-state index is 0. The van der Waals surface area contributed by atoms with Crippen molar-refractivity contribution in [1.29, 1.82) is 0 Å². The van der Waals surface area contributed by atoms with Gasteiger partial charge in [-0.3, -0.25) is 14.5 Å². The van der Waals surface area contributed by atoms with Crippen LogP contribution in [0, 0.1) is 82.6 Å². The second-order valence-electron chi connectivity index (χ2n) is 5.38. The molecule has 4 N–H and O–H groups in total. The first-order chi connectivity index (χ1) is 12.9. The molecule has 2 amide bonds. The van der Waals surface area contributed by atoms with E-state index in [0.717, 1.165) is 16.2 Å². The van der Waals surface area contributed by atoms with Gasteiger partial charge in [0.2, 0.25) is 0 Å². The van der Waals surface area contributed by atoms with Crippen molar-refractivity contribution in [3.63, 3.8) is 0 Å². The van der Waals surface area contributed by atoms with Gasteiger partial charge >= 0.3 is 5.97 Å². The Labute approximate surface area is 234 Å². The van der Waals surface area contributed by atoms with Gasteiger partial charge in [0.25, 0.3) is 11.8 Å². The van der Waals surface area contributed by atoms with Crippen molar-refractivity contribution in [3.8, 4) is 0 Å². The number of aliphatic carboxylic acids is 1. The molecule has 0 spiro atoms. The van der Waals surface area contributed by atoms with Crippen LogP contribution in [0.4, 0.5) is 5.13 Å². The number of thiazole rings is 1. The van der Waals surface area contributed by atoms with Crippen LogP contribution >= 0.6 is 23.1 Å². The Morgan fingerprint density at radius 3 is 2.72 bits per heavy atom. The van der Waals surface area contributed by atoms with Gasteiger partial charge in [0.15, 0.2) is 10.8 Å². The van der Waals surface area contributed by atoms with Gasteiger partial charge in [-0.2, -0.15) is 0 Å². The van der Waals surface area contributed by atoms with E-state index >= 15 is 0 Å². The van der Waals surface area contributed by atoms with E-state index in [9.17, 15) is 19.5 Å². The molecule has 1 aromatic heterocycles. The van der Waals surface area contributed by atoms with E-state index < -0.39 is 29.2 Å². The van der Waals surface area contributed by atoms with Crippen LogP contribution in [0.5, 0.6) is 0 Å². The van der Waals surface area contributed by atoms with E-state index in [1.807, 2.05) is 0 Å². The number of oxime groups is 1. The van der Waals surface area contributed by atoms with Crippen LogP contribution in [0.1, 0.15) is 5.69 Å². The summed E-state index contributed by atoms with van der Waals surface area (Å²) in [5, 5.41) is 16.7. The smallest absolute Gasteiger partial charge is 0.352 e. The fraction of sp³-hybridized carbons (Fsp3) is 0.200. The van der Waals surface area contributed by atoms with Crippen LogP contribution in [0.15, 0.2) is 34.5 Å². The van der Waals surface area contributed by atoms with E-state index in [1.54, 1.807) is 0 Å². The summed E-state index contributed by atoms with van der Waals surface area (Å²) in [5.74, 6) is -2.11. The van der Waals surface area contributed by atoms with Gasteiger partial charge in [-0.1, -0.05) is 12.7 Å². The SMILES string of the molecule is C=CC1=C(C(=O)O)N2C(=O)[C@@H](NC(=O)/C(=N/O[CH2-])c3csc(N)n3)[C@H]2SC1.[Ho].[Ho]. The fourth-order valence-electron chi connectivity index (χ4n) is 2.67. The van der Waals surface area contributed by atoms with Crippen LogP contribution in [0.25, 0.3) is 0 Å². The summed E-state index contributed by atoms with van der Waals surface area (Å²) in [6.07, 6.45) is 1.41. The summed E-state index contributed by atoms with van der Waals surface area (Å²) in [6, 6.07) is -0.908. The Hall–Kier alpha value is -0.341. The first-order valence-corrected chi connectivity index (χ1v) is 9.36. The number of hydrogen-bond donors (Lipinski definition) is 3. The van der Waals surface area contributed by atoms with Crippen molar-refractivity contribution >= 4 is 51.7 Å². The van der Waals surface area contributed by atoms with E-state index in [2.05, 4.69) is 34.0 Å². The Kier molecular flexibility index (Phi) is 10.4. The summed E-state index contributed by atoms with van der Waals surface area (Å²) in [4.78, 5) is 46.1. The largest absolute Gasteiger partial charge is 0.569 e. The maximum atomic E-state index is 12.6. The number of carbonyl (C=O) groups is 3. The Morgan fingerprint density at radius 2 is 2.21 bits per heavy atom. The van der Waals surface area contributed by atoms with E-state index in [1.165, 1.54) is 23.2 Å². The summed E-state index contributed by atoms with van der Waals surface area (Å²) in [6.45, 7) is 3.58. The Bertz CT molecular complexity index is 903. The topological polar surface area (TPSA) is 147 Å². The standard InChI is InChI=1S/C15H14N5O5S2.2Ho/c1-3-6-4-26-13-9(12(22)20(13)10(6)14(23)24)18-11(21)8(19-25-2)7-5-27-15(16)17-7;;/h3,5,9,13H,1-2,4H2,(H2,16,17)(H,18,21)(H,23,24);;/q-1;;/b19-8+;;/t9-,13-;;/m1../s1. The van der Waals surface area contributed by atoms with Crippen LogP contribution in [0.2, 0.25) is 0 Å². The predicted molar refractivity (Wildman–Crippen MR) is 99.4 cm³/mol. The number of hydrogen-bond acceptors (Lipinski definition) is 9. The molecular formula is C15H14Ho2N5O5S2-. The van der Waals surface area contributed by atoms with Gasteiger partial charge in [0.05, 0.1) is 0 Å². The maximum Gasteiger partial charge on any atom is 0.352 e. The van der Waals surface area contributed by atoms with Crippen molar-refractivity contribution in [2.45, 2.75) is 11.4 Å². The van der Waals surface area contributed by atoms with Crippen molar-refractivity contribution in [1.82, 2.24) is 15.2 Å². The molecule has 2 aliphatic rings. The predicted octanol–water partition coefficient (Wildman–Crippen LogP) is 0.162. The molecule has 0 saturated carbocycles. The molecule has 164 valence electrons. The van der Waals surface area contributed by atoms with Gasteiger partial charge < -0.3 is 21.0 Å². The molecule has 2 atom stereocenters. The molecule has 1 aromatic rings. The second-order valence-corrected chi connectivity index (χ2v) is 7.38. The van der Waals surface area contributed by atoms with Crippen LogP contribution in [-0.2, 0) is 19.2 Å². The number of amides is 2. The molecule has 14 heteroatoms. The molecule has 10 nitrogen and oxygen atoms in total. The molecular weight excluding hydrogens is 724 g/mol. The summed E-state index contributed by atoms with van der Waals surface area (Å²) in [5.41, 5.74) is 5.88. The normalized spacial score (nSPS) is 20.5. The number of rotatable bonds is 6. The average molecular weight is 738 g/mol. The number of anilines is 1. The van der Waals surface area contributed by atoms with E-state index in [0.29, 0.717) is 11.3 Å². The quantitative estimate of drug-likeness (QED) is 0.123. The number of nitrogens with zero attached hydrogens (tertiary/aromatic N) is 3. The number of allylic oxidation sites excluding steroid dienone is 1. The van der Waals surface area contributed by atoms with Gasteiger partial charge in [-0.25, -0.2) is 9.78 Å². The van der Waals surface area contributed by atoms with Crippen molar-refractivity contribution < 1.29 is 99.8 Å². The third-order valence-corrected chi connectivity index (χ3v) is 5.84. The van der Waals surface area contributed by atoms with Crippen LogP contribution in [-0.4, -0.2) is 55.7 Å². The van der Waals surface area contributed by atoms with Gasteiger partial charge in [-0.05, 0) is 5.57 Å². The van der Waals surface area contributed by atoms with Crippen LogP contribution in [0.3, 0.4) is 0 Å². The number of thioether (sulfide) groups is 1. The minimum atomic E-state index is -1.22. The van der Waals surface area contributed by atoms with E-state index in [4.69, 9.17) is 5.73 Å². The van der Waals surface area contributed by atoms with Gasteiger partial charge in [-0.15, -0.1) is 35.4 Å². The first-order valence-electron chi connectivity index (χ1n) is 7.44.